The topological polar surface area (TPSA) is 69.6 Å². The minimum atomic E-state index is -1.39. The molecule has 1 atom stereocenters. The van der Waals surface area contributed by atoms with Gasteiger partial charge in [0.15, 0.2) is 0 Å². The van der Waals surface area contributed by atoms with Crippen molar-refractivity contribution >= 4 is 16.9 Å². The third kappa shape index (κ3) is 2.92. The zero-order valence-corrected chi connectivity index (χ0v) is 12.3. The molecule has 1 aliphatic heterocycles. The molecule has 0 spiro atoms. The average Bonchev–Trinajstić information content (AvgIpc) is 2.41. The van der Waals surface area contributed by atoms with Crippen LogP contribution in [0.5, 0.6) is 0 Å². The van der Waals surface area contributed by atoms with Gasteiger partial charge in [0.1, 0.15) is 15.7 Å². The van der Waals surface area contributed by atoms with E-state index in [0.717, 1.165) is 25.9 Å². The van der Waals surface area contributed by atoms with Gasteiger partial charge in [0.2, 0.25) is 0 Å². The van der Waals surface area contributed by atoms with Crippen LogP contribution in [0.25, 0.3) is 0 Å². The zero-order valence-electron chi connectivity index (χ0n) is 11.4. The molecule has 0 aromatic rings. The zero-order chi connectivity index (χ0) is 13.8. The van der Waals surface area contributed by atoms with Gasteiger partial charge in [-0.3, -0.25) is 10.0 Å². The number of nitrogens with zero attached hydrogens (tertiary/aromatic N) is 1. The molecule has 1 aliphatic rings. The van der Waals surface area contributed by atoms with Crippen LogP contribution in [0.2, 0.25) is 0 Å². The first-order valence-electron chi connectivity index (χ1n) is 6.63. The number of carbonyl (C=O) groups is 1. The Kier molecular flexibility index (Phi) is 5.75. The number of amides is 1. The number of carbonyl (C=O) groups excluding carboxylic acids is 1. The summed E-state index contributed by atoms with van der Waals surface area (Å²) in [7, 11) is -1.39. The molecule has 0 bridgehead atoms. The third-order valence-electron chi connectivity index (χ3n) is 3.97. The second-order valence-electron chi connectivity index (χ2n) is 5.00. The fourth-order valence-corrected chi connectivity index (χ4v) is 4.13. The van der Waals surface area contributed by atoms with Gasteiger partial charge in [0.05, 0.1) is 0 Å². The Hall–Kier alpha value is -0.460. The molecule has 1 saturated heterocycles. The van der Waals surface area contributed by atoms with E-state index < -0.39 is 21.6 Å². The largest absolute Gasteiger partial charge is 0.289 e. The predicted molar refractivity (Wildman–Crippen MR) is 71.4 cm³/mol. The first kappa shape index (κ1) is 15.6. The van der Waals surface area contributed by atoms with Gasteiger partial charge < -0.3 is 0 Å². The quantitative estimate of drug-likeness (QED) is 0.590. The van der Waals surface area contributed by atoms with Gasteiger partial charge in [-0.2, -0.15) is 0 Å². The first-order chi connectivity index (χ1) is 8.51. The van der Waals surface area contributed by atoms with Crippen molar-refractivity contribution in [3.8, 4) is 0 Å². The van der Waals surface area contributed by atoms with Gasteiger partial charge in [0, 0.05) is 13.1 Å². The minimum Gasteiger partial charge on any atom is -0.289 e. The summed E-state index contributed by atoms with van der Waals surface area (Å²) in [6.07, 6.45) is 2.93. The van der Waals surface area contributed by atoms with Crippen molar-refractivity contribution in [2.24, 2.45) is 5.92 Å². The van der Waals surface area contributed by atoms with Crippen LogP contribution in [0.3, 0.4) is 0 Å². The molecule has 5 nitrogen and oxygen atoms in total. The number of hydrogen-bond donors (Lipinski definition) is 2. The third-order valence-corrected chi connectivity index (χ3v) is 6.23. The summed E-state index contributed by atoms with van der Waals surface area (Å²) in [4.78, 5) is 11.9. The highest BCUT2D eigenvalue weighted by Crippen LogP contribution is 2.29. The van der Waals surface area contributed by atoms with Crippen molar-refractivity contribution in [1.29, 1.82) is 0 Å². The number of piperidine rings is 1. The van der Waals surface area contributed by atoms with E-state index in [1.54, 1.807) is 5.48 Å². The fraction of sp³-hybridized carbons (Fsp3) is 0.917. The van der Waals surface area contributed by atoms with Crippen molar-refractivity contribution < 1.29 is 14.2 Å². The molecule has 2 N–H and O–H groups in total. The lowest BCUT2D eigenvalue weighted by Gasteiger charge is -2.37. The highest BCUT2D eigenvalue weighted by molar-refractivity contribution is 7.85. The van der Waals surface area contributed by atoms with E-state index in [1.165, 1.54) is 0 Å². The van der Waals surface area contributed by atoms with Crippen molar-refractivity contribution in [2.45, 2.75) is 51.2 Å². The summed E-state index contributed by atoms with van der Waals surface area (Å²) in [5, 5.41) is 8.87. The molecule has 0 radical (unpaired) electrons. The van der Waals surface area contributed by atoms with E-state index in [2.05, 4.69) is 6.92 Å². The molecule has 0 aliphatic carbocycles. The molecule has 106 valence electrons. The highest BCUT2D eigenvalue weighted by Gasteiger charge is 2.44. The molecule has 0 saturated carbocycles. The minimum absolute atomic E-state index is 0.453. The maximum absolute atomic E-state index is 12.7. The maximum Gasteiger partial charge on any atom is 0.263 e. The Morgan fingerprint density at radius 1 is 1.39 bits per heavy atom. The van der Waals surface area contributed by atoms with Crippen LogP contribution in [0.4, 0.5) is 0 Å². The Balaban J connectivity index is 2.86. The Morgan fingerprint density at radius 2 is 1.89 bits per heavy atom. The second kappa shape index (κ2) is 6.63. The summed E-state index contributed by atoms with van der Waals surface area (Å²) >= 11 is 0. The molecule has 0 aromatic heterocycles. The van der Waals surface area contributed by atoms with E-state index in [-0.39, 0.29) is 0 Å². The Labute approximate surface area is 111 Å². The number of hydroxylamine groups is 1. The van der Waals surface area contributed by atoms with Crippen LogP contribution in [0.15, 0.2) is 0 Å². The van der Waals surface area contributed by atoms with Crippen LogP contribution in [-0.4, -0.2) is 37.5 Å². The number of nitrogens with one attached hydrogen (secondary N) is 1. The monoisotopic (exact) mass is 276 g/mol. The fourth-order valence-electron chi connectivity index (χ4n) is 2.40. The van der Waals surface area contributed by atoms with E-state index >= 15 is 0 Å². The van der Waals surface area contributed by atoms with Crippen LogP contribution in [0, 0.1) is 5.92 Å². The van der Waals surface area contributed by atoms with Gasteiger partial charge in [-0.1, -0.05) is 20.8 Å². The SMILES string of the molecule is CCC(CC)(C(=O)NO)S(=O)N1CCC(C)CC1. The van der Waals surface area contributed by atoms with Crippen molar-refractivity contribution in [1.82, 2.24) is 9.79 Å². The Bertz CT molecular complexity index is 310. The summed E-state index contributed by atoms with van der Waals surface area (Å²) in [5.41, 5.74) is 1.68. The summed E-state index contributed by atoms with van der Waals surface area (Å²) in [6.45, 7) is 7.38. The average molecular weight is 276 g/mol. The summed E-state index contributed by atoms with van der Waals surface area (Å²) in [5.74, 6) is 0.118. The molecule has 1 heterocycles. The lowest BCUT2D eigenvalue weighted by Crippen LogP contribution is -2.54. The molecule has 6 heteroatoms. The molecule has 1 amide bonds. The second-order valence-corrected chi connectivity index (χ2v) is 6.80. The van der Waals surface area contributed by atoms with Crippen molar-refractivity contribution in [3.05, 3.63) is 0 Å². The van der Waals surface area contributed by atoms with Gasteiger partial charge in [0.25, 0.3) is 5.91 Å². The Morgan fingerprint density at radius 3 is 2.28 bits per heavy atom. The number of rotatable bonds is 5. The van der Waals surface area contributed by atoms with Crippen LogP contribution in [0.1, 0.15) is 46.5 Å². The van der Waals surface area contributed by atoms with Gasteiger partial charge in [-0.25, -0.2) is 14.0 Å². The van der Waals surface area contributed by atoms with Gasteiger partial charge >= 0.3 is 0 Å². The smallest absolute Gasteiger partial charge is 0.263 e. The van der Waals surface area contributed by atoms with Crippen molar-refractivity contribution in [2.75, 3.05) is 13.1 Å². The molecular weight excluding hydrogens is 252 g/mol. The molecule has 0 aromatic carbocycles. The highest BCUT2D eigenvalue weighted by atomic mass is 32.2. The van der Waals surface area contributed by atoms with Crippen LogP contribution < -0.4 is 5.48 Å². The summed E-state index contributed by atoms with van der Waals surface area (Å²) in [6, 6.07) is 0. The molecule has 1 unspecified atom stereocenters. The molecule has 18 heavy (non-hydrogen) atoms. The molecule has 1 fully saturated rings. The number of hydrogen-bond acceptors (Lipinski definition) is 3. The van der Waals surface area contributed by atoms with Crippen LogP contribution >= 0.6 is 0 Å². The molecule has 1 rings (SSSR count). The lowest BCUT2D eigenvalue weighted by molar-refractivity contribution is -0.132. The normalized spacial score (nSPS) is 20.7. The molecular formula is C12H24N2O3S. The van der Waals surface area contributed by atoms with Gasteiger partial charge in [-0.15, -0.1) is 0 Å². The standard InChI is InChI=1S/C12H24N2O3S/c1-4-12(5-2,11(15)13-16)18(17)14-8-6-10(3)7-9-14/h10,16H,4-9H2,1-3H3,(H,13,15). The van der Waals surface area contributed by atoms with E-state index in [9.17, 15) is 9.00 Å². The van der Waals surface area contributed by atoms with E-state index in [0.29, 0.717) is 18.8 Å². The summed E-state index contributed by atoms with van der Waals surface area (Å²) < 4.78 is 13.5. The van der Waals surface area contributed by atoms with E-state index in [4.69, 9.17) is 5.21 Å². The van der Waals surface area contributed by atoms with Gasteiger partial charge in [-0.05, 0) is 31.6 Å². The first-order valence-corrected chi connectivity index (χ1v) is 7.74. The predicted octanol–water partition coefficient (Wildman–Crippen LogP) is 1.45. The maximum atomic E-state index is 12.7. The van der Waals surface area contributed by atoms with E-state index in [1.807, 2.05) is 18.2 Å². The lowest BCUT2D eigenvalue weighted by atomic mass is 10.0. The van der Waals surface area contributed by atoms with Crippen molar-refractivity contribution in [3.63, 3.8) is 0 Å². The van der Waals surface area contributed by atoms with Crippen LogP contribution in [-0.2, 0) is 15.8 Å².